The maximum absolute atomic E-state index is 4.75. The van der Waals surface area contributed by atoms with Gasteiger partial charge in [0, 0.05) is 5.56 Å². The van der Waals surface area contributed by atoms with E-state index in [0.29, 0.717) is 5.92 Å². The summed E-state index contributed by atoms with van der Waals surface area (Å²) >= 11 is 0. The molecule has 0 aliphatic rings. The maximum Gasteiger partial charge on any atom is 0.172 e. The largest absolute Gasteiger partial charge is 0.461 e. The van der Waals surface area contributed by atoms with E-state index >= 15 is 0 Å². The van der Waals surface area contributed by atoms with Crippen LogP contribution in [0.25, 0.3) is 0 Å². The van der Waals surface area contributed by atoms with Gasteiger partial charge < -0.3 is 4.42 Å². The van der Waals surface area contributed by atoms with Gasteiger partial charge in [-0.15, -0.1) is 0 Å². The summed E-state index contributed by atoms with van der Waals surface area (Å²) in [6.45, 7) is 4.22. The predicted molar refractivity (Wildman–Crippen MR) is 31.6 cm³/mol. The Labute approximate surface area is 49.3 Å². The van der Waals surface area contributed by atoms with Gasteiger partial charge in [0.2, 0.25) is 0 Å². The van der Waals surface area contributed by atoms with Crippen LogP contribution >= 0.6 is 0 Å². The molecule has 1 heterocycles. The Hall–Kier alpha value is -0.720. The van der Waals surface area contributed by atoms with Crippen molar-refractivity contribution in [3.63, 3.8) is 0 Å². The fourth-order valence-electron chi connectivity index (χ4n) is 0.554. The summed E-state index contributed by atoms with van der Waals surface area (Å²) in [7, 11) is 0. The molecule has 1 radical (unpaired) electrons. The predicted octanol–water partition coefficient (Wildman–Crippen LogP) is 2.20. The molecule has 0 bridgehead atoms. The smallest absolute Gasteiger partial charge is 0.172 e. The third kappa shape index (κ3) is 0.915. The third-order valence-electron chi connectivity index (χ3n) is 1.11. The molecule has 1 aromatic heterocycles. The minimum Gasteiger partial charge on any atom is -0.461 e. The highest BCUT2D eigenvalue weighted by molar-refractivity contribution is 5.08. The molecule has 1 nitrogen and oxygen atoms in total. The fraction of sp³-hybridized carbons (Fsp3) is 0.429. The monoisotopic (exact) mass is 109 g/mol. The van der Waals surface area contributed by atoms with Crippen LogP contribution in [-0.2, 0) is 0 Å². The Morgan fingerprint density at radius 1 is 1.62 bits per heavy atom. The van der Waals surface area contributed by atoms with Gasteiger partial charge in [0.15, 0.2) is 6.26 Å². The zero-order valence-corrected chi connectivity index (χ0v) is 5.14. The van der Waals surface area contributed by atoms with Gasteiger partial charge in [-0.2, -0.15) is 0 Å². The first kappa shape index (κ1) is 5.42. The van der Waals surface area contributed by atoms with Crippen molar-refractivity contribution in [2.75, 3.05) is 0 Å². The van der Waals surface area contributed by atoms with Crippen molar-refractivity contribution < 1.29 is 4.42 Å². The number of rotatable bonds is 1. The second-order valence-electron chi connectivity index (χ2n) is 2.13. The van der Waals surface area contributed by atoms with Crippen molar-refractivity contribution in [1.82, 2.24) is 0 Å². The summed E-state index contributed by atoms with van der Waals surface area (Å²) in [6.07, 6.45) is 4.41. The van der Waals surface area contributed by atoms with E-state index in [1.807, 2.05) is 6.07 Å². The molecule has 1 heteroatoms. The Morgan fingerprint density at radius 3 is 2.62 bits per heavy atom. The van der Waals surface area contributed by atoms with Gasteiger partial charge in [-0.3, -0.25) is 0 Å². The molecule has 0 saturated carbocycles. The molecule has 0 fully saturated rings. The first-order chi connectivity index (χ1) is 3.80. The number of hydrogen-bond acceptors (Lipinski definition) is 1. The van der Waals surface area contributed by atoms with Crippen molar-refractivity contribution in [1.29, 1.82) is 0 Å². The zero-order chi connectivity index (χ0) is 5.98. The minimum atomic E-state index is 0.536. The highest BCUT2D eigenvalue weighted by Crippen LogP contribution is 2.11. The molecule has 0 N–H and O–H groups in total. The van der Waals surface area contributed by atoms with Gasteiger partial charge in [0.1, 0.15) is 0 Å². The number of furan rings is 1. The van der Waals surface area contributed by atoms with Crippen LogP contribution in [0.1, 0.15) is 25.3 Å². The van der Waals surface area contributed by atoms with Gasteiger partial charge in [0.25, 0.3) is 0 Å². The Balaban J connectivity index is 2.77. The standard InChI is InChI=1S/C7H9O/c1-6(2)7-3-4-8-5-7/h3-4,6H,1-2H3. The highest BCUT2D eigenvalue weighted by Gasteiger charge is 1.97. The molecular formula is C7H9O. The molecule has 0 amide bonds. The first-order valence-corrected chi connectivity index (χ1v) is 2.76. The van der Waals surface area contributed by atoms with E-state index < -0.39 is 0 Å². The van der Waals surface area contributed by atoms with E-state index in [1.54, 1.807) is 6.26 Å². The third-order valence-corrected chi connectivity index (χ3v) is 1.11. The topological polar surface area (TPSA) is 13.1 Å². The van der Waals surface area contributed by atoms with E-state index in [-0.39, 0.29) is 0 Å². The Bertz CT molecular complexity index is 139. The average Bonchev–Trinajstić information content (AvgIpc) is 2.12. The van der Waals surface area contributed by atoms with Crippen LogP contribution in [0.5, 0.6) is 0 Å². The lowest BCUT2D eigenvalue weighted by Gasteiger charge is -1.93. The molecular weight excluding hydrogens is 100 g/mol. The molecule has 43 valence electrons. The van der Waals surface area contributed by atoms with Crippen molar-refractivity contribution >= 4 is 0 Å². The molecule has 1 rings (SSSR count). The van der Waals surface area contributed by atoms with E-state index in [2.05, 4.69) is 20.1 Å². The van der Waals surface area contributed by atoms with Crippen molar-refractivity contribution in [2.45, 2.75) is 19.8 Å². The normalized spacial score (nSPS) is 10.4. The summed E-state index contributed by atoms with van der Waals surface area (Å²) in [4.78, 5) is 0. The van der Waals surface area contributed by atoms with E-state index in [4.69, 9.17) is 4.42 Å². The van der Waals surface area contributed by atoms with Gasteiger partial charge in [-0.1, -0.05) is 13.8 Å². The summed E-state index contributed by atoms with van der Waals surface area (Å²) in [6, 6.07) is 1.94. The molecule has 0 saturated heterocycles. The maximum atomic E-state index is 4.75. The molecule has 0 spiro atoms. The molecule has 0 aliphatic heterocycles. The van der Waals surface area contributed by atoms with Crippen LogP contribution in [0.4, 0.5) is 0 Å². The molecule has 0 atom stereocenters. The first-order valence-electron chi connectivity index (χ1n) is 2.76. The van der Waals surface area contributed by atoms with Crippen LogP contribution in [0.3, 0.4) is 0 Å². The lowest BCUT2D eigenvalue weighted by molar-refractivity contribution is 0.552. The van der Waals surface area contributed by atoms with Gasteiger partial charge >= 0.3 is 0 Å². The second kappa shape index (κ2) is 2.03. The van der Waals surface area contributed by atoms with Crippen LogP contribution < -0.4 is 0 Å². The van der Waals surface area contributed by atoms with Gasteiger partial charge in [0.05, 0.1) is 6.26 Å². The van der Waals surface area contributed by atoms with Crippen LogP contribution in [0.2, 0.25) is 0 Å². The van der Waals surface area contributed by atoms with E-state index in [9.17, 15) is 0 Å². The fourth-order valence-corrected chi connectivity index (χ4v) is 0.554. The van der Waals surface area contributed by atoms with Crippen LogP contribution in [0, 0.1) is 6.26 Å². The summed E-state index contributed by atoms with van der Waals surface area (Å²) in [5.41, 5.74) is 1.14. The lowest BCUT2D eigenvalue weighted by atomic mass is 10.1. The van der Waals surface area contributed by atoms with Crippen LogP contribution in [-0.4, -0.2) is 0 Å². The van der Waals surface area contributed by atoms with Gasteiger partial charge in [-0.05, 0) is 12.0 Å². The number of hydrogen-bond donors (Lipinski definition) is 0. The van der Waals surface area contributed by atoms with Gasteiger partial charge in [-0.25, -0.2) is 0 Å². The van der Waals surface area contributed by atoms with Crippen molar-refractivity contribution in [3.8, 4) is 0 Å². The summed E-state index contributed by atoms with van der Waals surface area (Å²) < 4.78 is 4.75. The summed E-state index contributed by atoms with van der Waals surface area (Å²) in [5.74, 6) is 0.536. The second-order valence-corrected chi connectivity index (χ2v) is 2.13. The quantitative estimate of drug-likeness (QED) is 0.538. The average molecular weight is 109 g/mol. The van der Waals surface area contributed by atoms with Crippen LogP contribution in [0.15, 0.2) is 16.7 Å². The van der Waals surface area contributed by atoms with Crippen molar-refractivity contribution in [2.24, 2.45) is 0 Å². The minimum absolute atomic E-state index is 0.536. The summed E-state index contributed by atoms with van der Waals surface area (Å²) in [5, 5.41) is 0. The lowest BCUT2D eigenvalue weighted by Crippen LogP contribution is -1.79. The van der Waals surface area contributed by atoms with E-state index in [0.717, 1.165) is 5.56 Å². The molecule has 8 heavy (non-hydrogen) atoms. The Morgan fingerprint density at radius 2 is 2.38 bits per heavy atom. The molecule has 0 aliphatic carbocycles. The zero-order valence-electron chi connectivity index (χ0n) is 5.14. The SMILES string of the molecule is CC(C)c1[c]occ1. The molecule has 0 aromatic carbocycles. The Kier molecular flexibility index (Phi) is 1.38. The highest BCUT2D eigenvalue weighted by atomic mass is 16.3. The van der Waals surface area contributed by atoms with Crippen molar-refractivity contribution in [3.05, 3.63) is 24.2 Å². The molecule has 1 aromatic rings. The van der Waals surface area contributed by atoms with E-state index in [1.165, 1.54) is 0 Å². The molecule has 0 unspecified atom stereocenters.